The van der Waals surface area contributed by atoms with Crippen molar-refractivity contribution in [2.45, 2.75) is 33.0 Å². The fourth-order valence-corrected chi connectivity index (χ4v) is 2.51. The van der Waals surface area contributed by atoms with Gasteiger partial charge in [-0.05, 0) is 46.7 Å². The molecule has 2 aromatic carbocycles. The minimum absolute atomic E-state index is 0.0764. The van der Waals surface area contributed by atoms with Crippen LogP contribution in [-0.2, 0) is 19.1 Å². The van der Waals surface area contributed by atoms with Crippen molar-refractivity contribution in [1.82, 2.24) is 0 Å². The molecule has 0 unspecified atom stereocenters. The van der Waals surface area contributed by atoms with E-state index in [1.54, 1.807) is 0 Å². The van der Waals surface area contributed by atoms with E-state index in [4.69, 9.17) is 5.73 Å². The molecule has 1 nitrogen and oxygen atoms in total. The Morgan fingerprint density at radius 2 is 1.64 bits per heavy atom. The van der Waals surface area contributed by atoms with Gasteiger partial charge in [-0.2, -0.15) is 13.2 Å². The van der Waals surface area contributed by atoms with Gasteiger partial charge in [0.05, 0.1) is 5.56 Å². The maximum atomic E-state index is 12.8. The lowest BCUT2D eigenvalue weighted by atomic mass is 9.95. The lowest BCUT2D eigenvalue weighted by Crippen LogP contribution is -2.08. The van der Waals surface area contributed by atoms with Crippen LogP contribution in [0, 0.1) is 5.92 Å². The molecule has 0 aliphatic rings. The molecule has 0 amide bonds. The Bertz CT molecular complexity index is 628. The summed E-state index contributed by atoms with van der Waals surface area (Å²) in [5, 5.41) is 0. The molecule has 0 heterocycles. The number of rotatable bonds is 4. The highest BCUT2D eigenvalue weighted by molar-refractivity contribution is 5.68. The number of hydrogen-bond acceptors (Lipinski definition) is 1. The monoisotopic (exact) mass is 307 g/mol. The molecule has 0 atom stereocenters. The normalized spacial score (nSPS) is 12.0. The second-order valence-electron chi connectivity index (χ2n) is 5.87. The van der Waals surface area contributed by atoms with Crippen LogP contribution in [0.15, 0.2) is 42.5 Å². The third-order valence-electron chi connectivity index (χ3n) is 3.56. The molecule has 0 radical (unpaired) electrons. The van der Waals surface area contributed by atoms with Gasteiger partial charge in [-0.1, -0.05) is 44.2 Å². The molecule has 22 heavy (non-hydrogen) atoms. The van der Waals surface area contributed by atoms with Crippen LogP contribution in [0.2, 0.25) is 0 Å². The first kappa shape index (κ1) is 16.6. The van der Waals surface area contributed by atoms with Crippen molar-refractivity contribution in [3.05, 3.63) is 59.2 Å². The predicted molar refractivity (Wildman–Crippen MR) is 83.3 cm³/mol. The van der Waals surface area contributed by atoms with E-state index in [-0.39, 0.29) is 6.54 Å². The number of halogens is 3. The minimum Gasteiger partial charge on any atom is -0.326 e. The van der Waals surface area contributed by atoms with E-state index in [1.165, 1.54) is 11.6 Å². The highest BCUT2D eigenvalue weighted by atomic mass is 19.4. The van der Waals surface area contributed by atoms with Crippen LogP contribution < -0.4 is 5.73 Å². The van der Waals surface area contributed by atoms with Crippen molar-refractivity contribution >= 4 is 0 Å². The van der Waals surface area contributed by atoms with Crippen LogP contribution in [0.1, 0.15) is 30.5 Å². The van der Waals surface area contributed by atoms with Crippen molar-refractivity contribution in [3.8, 4) is 11.1 Å². The number of alkyl halides is 3. The fraction of sp³-hybridized carbons (Fsp3) is 0.333. The topological polar surface area (TPSA) is 26.0 Å². The second kappa shape index (κ2) is 6.53. The molecular formula is C18H20F3N. The predicted octanol–water partition coefficient (Wildman–Crippen LogP) is 5.03. The summed E-state index contributed by atoms with van der Waals surface area (Å²) in [5.41, 5.74) is 8.34. The van der Waals surface area contributed by atoms with Gasteiger partial charge in [0.25, 0.3) is 0 Å². The Morgan fingerprint density at radius 1 is 1.00 bits per heavy atom. The molecule has 0 spiro atoms. The van der Waals surface area contributed by atoms with Crippen LogP contribution in [0.3, 0.4) is 0 Å². The van der Waals surface area contributed by atoms with Crippen LogP contribution in [0.5, 0.6) is 0 Å². The van der Waals surface area contributed by atoms with Crippen LogP contribution in [0.4, 0.5) is 13.2 Å². The summed E-state index contributed by atoms with van der Waals surface area (Å²) in [6.07, 6.45) is -3.36. The molecule has 2 N–H and O–H groups in total. The molecule has 0 aliphatic heterocycles. The minimum atomic E-state index is -4.34. The van der Waals surface area contributed by atoms with Crippen LogP contribution in [-0.4, -0.2) is 0 Å². The average molecular weight is 307 g/mol. The Labute approximate surface area is 129 Å². The fourth-order valence-electron chi connectivity index (χ4n) is 2.51. The average Bonchev–Trinajstić information content (AvgIpc) is 2.46. The van der Waals surface area contributed by atoms with Gasteiger partial charge in [-0.3, -0.25) is 0 Å². The van der Waals surface area contributed by atoms with E-state index >= 15 is 0 Å². The number of benzene rings is 2. The van der Waals surface area contributed by atoms with Crippen molar-refractivity contribution in [3.63, 3.8) is 0 Å². The summed E-state index contributed by atoms with van der Waals surface area (Å²) >= 11 is 0. The molecule has 0 aliphatic carbocycles. The molecule has 118 valence electrons. The molecule has 0 saturated carbocycles. The van der Waals surface area contributed by atoms with Crippen molar-refractivity contribution < 1.29 is 13.2 Å². The van der Waals surface area contributed by atoms with E-state index in [9.17, 15) is 13.2 Å². The van der Waals surface area contributed by atoms with Crippen LogP contribution >= 0.6 is 0 Å². The first-order valence-corrected chi connectivity index (χ1v) is 7.30. The molecule has 0 fully saturated rings. The molecule has 2 aromatic rings. The zero-order valence-electron chi connectivity index (χ0n) is 12.7. The Morgan fingerprint density at radius 3 is 2.14 bits per heavy atom. The van der Waals surface area contributed by atoms with E-state index < -0.39 is 11.7 Å². The Kier molecular flexibility index (Phi) is 4.91. The van der Waals surface area contributed by atoms with Crippen LogP contribution in [0.25, 0.3) is 11.1 Å². The lowest BCUT2D eigenvalue weighted by molar-refractivity contribution is -0.137. The SMILES string of the molecule is CC(C)Cc1ccc(-c2ccc(C(F)(F)F)cc2CN)cc1. The first-order chi connectivity index (χ1) is 10.3. The molecule has 4 heteroatoms. The standard InChI is InChI=1S/C18H20F3N/c1-12(2)9-13-3-5-14(6-4-13)17-8-7-16(18(19,20)21)10-15(17)11-22/h3-8,10,12H,9,11,22H2,1-2H3. The number of nitrogens with two attached hydrogens (primary N) is 1. The summed E-state index contributed by atoms with van der Waals surface area (Å²) in [7, 11) is 0. The van der Waals surface area contributed by atoms with Crippen molar-refractivity contribution in [2.24, 2.45) is 11.7 Å². The Balaban J connectivity index is 2.36. The molecule has 0 bridgehead atoms. The summed E-state index contributed by atoms with van der Waals surface area (Å²) in [5.74, 6) is 0.566. The highest BCUT2D eigenvalue weighted by Crippen LogP contribution is 2.33. The van der Waals surface area contributed by atoms with Gasteiger partial charge in [-0.25, -0.2) is 0 Å². The smallest absolute Gasteiger partial charge is 0.326 e. The van der Waals surface area contributed by atoms with E-state index in [1.807, 2.05) is 24.3 Å². The van der Waals surface area contributed by atoms with Gasteiger partial charge in [0.1, 0.15) is 0 Å². The maximum absolute atomic E-state index is 12.8. The first-order valence-electron chi connectivity index (χ1n) is 7.30. The molecule has 2 rings (SSSR count). The summed E-state index contributed by atoms with van der Waals surface area (Å²) in [6, 6.07) is 11.7. The van der Waals surface area contributed by atoms with Gasteiger partial charge in [0, 0.05) is 6.54 Å². The summed E-state index contributed by atoms with van der Waals surface area (Å²) < 4.78 is 38.3. The van der Waals surface area contributed by atoms with Gasteiger partial charge >= 0.3 is 6.18 Å². The zero-order chi connectivity index (χ0) is 16.3. The van der Waals surface area contributed by atoms with Crippen molar-refractivity contribution in [1.29, 1.82) is 0 Å². The number of hydrogen-bond donors (Lipinski definition) is 1. The van der Waals surface area contributed by atoms with Gasteiger partial charge in [0.2, 0.25) is 0 Å². The summed E-state index contributed by atoms with van der Waals surface area (Å²) in [4.78, 5) is 0. The largest absolute Gasteiger partial charge is 0.416 e. The maximum Gasteiger partial charge on any atom is 0.416 e. The van der Waals surface area contributed by atoms with E-state index in [0.29, 0.717) is 11.5 Å². The third kappa shape index (κ3) is 3.89. The van der Waals surface area contributed by atoms with E-state index in [0.717, 1.165) is 29.7 Å². The zero-order valence-corrected chi connectivity index (χ0v) is 12.7. The molecular weight excluding hydrogens is 287 g/mol. The molecule has 0 aromatic heterocycles. The Hall–Kier alpha value is -1.81. The highest BCUT2D eigenvalue weighted by Gasteiger charge is 2.30. The quantitative estimate of drug-likeness (QED) is 0.842. The summed E-state index contributed by atoms with van der Waals surface area (Å²) in [6.45, 7) is 4.37. The van der Waals surface area contributed by atoms with Crippen molar-refractivity contribution in [2.75, 3.05) is 0 Å². The van der Waals surface area contributed by atoms with Gasteiger partial charge in [0.15, 0.2) is 0 Å². The van der Waals surface area contributed by atoms with Gasteiger partial charge in [-0.15, -0.1) is 0 Å². The molecule has 0 saturated heterocycles. The van der Waals surface area contributed by atoms with E-state index in [2.05, 4.69) is 13.8 Å². The second-order valence-corrected chi connectivity index (χ2v) is 5.87. The lowest BCUT2D eigenvalue weighted by Gasteiger charge is -2.13. The van der Waals surface area contributed by atoms with Gasteiger partial charge < -0.3 is 5.73 Å². The third-order valence-corrected chi connectivity index (χ3v) is 3.56.